The summed E-state index contributed by atoms with van der Waals surface area (Å²) < 4.78 is 11.4. The van der Waals surface area contributed by atoms with Crippen LogP contribution in [-0.4, -0.2) is 35.1 Å². The molecule has 2 heterocycles. The number of methoxy groups -OCH3 is 1. The number of aromatic nitrogens is 2. The van der Waals surface area contributed by atoms with E-state index in [4.69, 9.17) is 26.8 Å². The van der Waals surface area contributed by atoms with Crippen LogP contribution in [0.4, 0.5) is 5.82 Å². The molecule has 1 spiro atoms. The number of nitrogens with two attached hydrogens (primary N) is 1. The Balaban J connectivity index is 1.21. The maximum atomic E-state index is 11.5. The van der Waals surface area contributed by atoms with Gasteiger partial charge in [-0.3, -0.25) is 4.79 Å². The molecule has 31 heavy (non-hydrogen) atoms. The molecule has 1 amide bonds. The summed E-state index contributed by atoms with van der Waals surface area (Å²) in [6.07, 6.45) is 7.40. The van der Waals surface area contributed by atoms with Gasteiger partial charge in [0, 0.05) is 28.0 Å². The number of benzene rings is 1. The highest BCUT2D eigenvalue weighted by Crippen LogP contribution is 2.57. The number of nitrogens with zero attached hydrogens (tertiary/aromatic N) is 2. The molecule has 0 unspecified atom stereocenters. The third kappa shape index (κ3) is 3.63. The van der Waals surface area contributed by atoms with E-state index in [1.54, 1.807) is 31.6 Å². The number of carbonyl (C=O) groups is 1. The molecule has 3 aromatic rings. The van der Waals surface area contributed by atoms with Gasteiger partial charge >= 0.3 is 0 Å². The summed E-state index contributed by atoms with van der Waals surface area (Å²) in [7, 11) is 1.64. The molecule has 1 aromatic carbocycles. The lowest BCUT2D eigenvalue weighted by Gasteiger charge is -2.57. The first-order chi connectivity index (χ1) is 15.0. The number of fused-ring (bicyclic) bond motifs is 1. The lowest BCUT2D eigenvalue weighted by atomic mass is 9.53. The van der Waals surface area contributed by atoms with Gasteiger partial charge in [0.25, 0.3) is 5.91 Å². The molecule has 8 heteroatoms. The summed E-state index contributed by atoms with van der Waals surface area (Å²) in [5.41, 5.74) is 6.02. The molecular formula is C23H23ClN4O3. The lowest BCUT2D eigenvalue weighted by molar-refractivity contribution is -0.0759. The standard InChI is InChI=1S/C23H23ClN4O3/c1-30-19-12-27-21(18-7-13(24)4-5-16(18)19)28-14-8-23(9-14)10-15(11-23)31-22-17(20(25)29)3-2-6-26-22/h2-7,12,14-15H,8-11H2,1H3,(H2,25,29)(H,27,28). The molecule has 3 N–H and O–H groups in total. The predicted octanol–water partition coefficient (Wildman–Crippen LogP) is 4.19. The van der Waals surface area contributed by atoms with Gasteiger partial charge in [-0.05, 0) is 61.4 Å². The molecule has 0 bridgehead atoms. The van der Waals surface area contributed by atoms with Crippen LogP contribution in [0.15, 0.2) is 42.7 Å². The molecule has 0 aliphatic heterocycles. The van der Waals surface area contributed by atoms with Crippen molar-refractivity contribution in [1.82, 2.24) is 9.97 Å². The van der Waals surface area contributed by atoms with E-state index in [1.165, 1.54) is 0 Å². The van der Waals surface area contributed by atoms with Crippen molar-refractivity contribution in [2.75, 3.05) is 12.4 Å². The monoisotopic (exact) mass is 438 g/mol. The smallest absolute Gasteiger partial charge is 0.254 e. The summed E-state index contributed by atoms with van der Waals surface area (Å²) in [5.74, 6) is 1.36. The van der Waals surface area contributed by atoms with Crippen molar-refractivity contribution in [3.05, 3.63) is 53.3 Å². The van der Waals surface area contributed by atoms with Crippen LogP contribution >= 0.6 is 11.6 Å². The van der Waals surface area contributed by atoms with E-state index < -0.39 is 5.91 Å². The number of carbonyl (C=O) groups excluding carboxylic acids is 1. The molecule has 2 aromatic heterocycles. The van der Waals surface area contributed by atoms with Crippen molar-refractivity contribution in [1.29, 1.82) is 0 Å². The first-order valence-electron chi connectivity index (χ1n) is 10.3. The second-order valence-corrected chi connectivity index (χ2v) is 8.92. The van der Waals surface area contributed by atoms with Gasteiger partial charge in [0.1, 0.15) is 23.2 Å². The van der Waals surface area contributed by atoms with E-state index >= 15 is 0 Å². The number of pyridine rings is 2. The Labute approximate surface area is 184 Å². The van der Waals surface area contributed by atoms with E-state index in [-0.39, 0.29) is 11.5 Å². The van der Waals surface area contributed by atoms with Gasteiger partial charge in [0.2, 0.25) is 5.88 Å². The van der Waals surface area contributed by atoms with Gasteiger partial charge < -0.3 is 20.5 Å². The van der Waals surface area contributed by atoms with Crippen molar-refractivity contribution in [3.8, 4) is 11.6 Å². The average Bonchev–Trinajstić information content (AvgIpc) is 2.70. The number of ether oxygens (including phenoxy) is 2. The molecular weight excluding hydrogens is 416 g/mol. The average molecular weight is 439 g/mol. The van der Waals surface area contributed by atoms with E-state index in [2.05, 4.69) is 15.3 Å². The highest BCUT2D eigenvalue weighted by atomic mass is 35.5. The quantitative estimate of drug-likeness (QED) is 0.598. The molecule has 0 atom stereocenters. The summed E-state index contributed by atoms with van der Waals surface area (Å²) >= 11 is 6.22. The molecule has 0 radical (unpaired) electrons. The number of anilines is 1. The van der Waals surface area contributed by atoms with E-state index in [1.807, 2.05) is 18.2 Å². The largest absolute Gasteiger partial charge is 0.494 e. The Hall–Kier alpha value is -3.06. The van der Waals surface area contributed by atoms with Crippen molar-refractivity contribution >= 4 is 34.1 Å². The van der Waals surface area contributed by atoms with Crippen LogP contribution < -0.4 is 20.5 Å². The third-order valence-corrected chi connectivity index (χ3v) is 6.60. The zero-order valence-corrected chi connectivity index (χ0v) is 17.9. The molecule has 0 saturated heterocycles. The maximum absolute atomic E-state index is 11.5. The van der Waals surface area contributed by atoms with Crippen LogP contribution in [0.1, 0.15) is 36.0 Å². The normalized spacial score (nSPS) is 24.3. The zero-order chi connectivity index (χ0) is 21.6. The van der Waals surface area contributed by atoms with Gasteiger partial charge in [-0.2, -0.15) is 0 Å². The molecule has 2 aliphatic carbocycles. The zero-order valence-electron chi connectivity index (χ0n) is 17.1. The van der Waals surface area contributed by atoms with Crippen molar-refractivity contribution in [2.45, 2.75) is 37.8 Å². The summed E-state index contributed by atoms with van der Waals surface area (Å²) in [6.45, 7) is 0. The van der Waals surface area contributed by atoms with Crippen LogP contribution in [0.5, 0.6) is 11.6 Å². The third-order valence-electron chi connectivity index (χ3n) is 6.37. The molecule has 2 aliphatic rings. The van der Waals surface area contributed by atoms with E-state index in [9.17, 15) is 4.79 Å². The van der Waals surface area contributed by atoms with Gasteiger partial charge in [-0.1, -0.05) is 11.6 Å². The number of primary amides is 1. The number of rotatable bonds is 6. The van der Waals surface area contributed by atoms with Gasteiger partial charge in [-0.15, -0.1) is 0 Å². The van der Waals surface area contributed by atoms with Crippen LogP contribution in [-0.2, 0) is 0 Å². The number of nitrogens with one attached hydrogen (secondary N) is 1. The summed E-state index contributed by atoms with van der Waals surface area (Å²) in [5, 5.41) is 6.18. The topological polar surface area (TPSA) is 99.4 Å². The van der Waals surface area contributed by atoms with Gasteiger partial charge in [-0.25, -0.2) is 9.97 Å². The Morgan fingerprint density at radius 3 is 2.74 bits per heavy atom. The Kier molecular flexibility index (Phi) is 4.85. The SMILES string of the molecule is COc1cnc(NC2CC3(C2)CC(Oc2ncccc2C(N)=O)C3)c2cc(Cl)ccc12. The van der Waals surface area contributed by atoms with E-state index in [0.717, 1.165) is 48.0 Å². The number of hydrogen-bond donors (Lipinski definition) is 2. The second kappa shape index (κ2) is 7.57. The molecule has 5 rings (SSSR count). The first-order valence-corrected chi connectivity index (χ1v) is 10.6. The Morgan fingerprint density at radius 1 is 1.19 bits per heavy atom. The second-order valence-electron chi connectivity index (χ2n) is 8.48. The van der Waals surface area contributed by atoms with Crippen molar-refractivity contribution < 1.29 is 14.3 Å². The van der Waals surface area contributed by atoms with Crippen molar-refractivity contribution in [3.63, 3.8) is 0 Å². The molecule has 7 nitrogen and oxygen atoms in total. The fourth-order valence-corrected chi connectivity index (χ4v) is 5.07. The van der Waals surface area contributed by atoms with Crippen LogP contribution in [0.2, 0.25) is 5.02 Å². The number of amides is 1. The fraction of sp³-hybridized carbons (Fsp3) is 0.348. The maximum Gasteiger partial charge on any atom is 0.254 e. The van der Waals surface area contributed by atoms with Crippen molar-refractivity contribution in [2.24, 2.45) is 11.1 Å². The first kappa shape index (κ1) is 19.9. The van der Waals surface area contributed by atoms with Crippen LogP contribution in [0.25, 0.3) is 10.8 Å². The minimum Gasteiger partial charge on any atom is -0.494 e. The number of hydrogen-bond acceptors (Lipinski definition) is 6. The highest BCUT2D eigenvalue weighted by molar-refractivity contribution is 6.31. The van der Waals surface area contributed by atoms with Gasteiger partial charge in [0.15, 0.2) is 0 Å². The van der Waals surface area contributed by atoms with Crippen LogP contribution in [0.3, 0.4) is 0 Å². The molecule has 2 saturated carbocycles. The Morgan fingerprint density at radius 2 is 2.00 bits per heavy atom. The summed E-state index contributed by atoms with van der Waals surface area (Å²) in [6, 6.07) is 9.40. The Bertz CT molecular complexity index is 1150. The minimum absolute atomic E-state index is 0.0627. The minimum atomic E-state index is -0.524. The highest BCUT2D eigenvalue weighted by Gasteiger charge is 2.54. The fourth-order valence-electron chi connectivity index (χ4n) is 4.90. The summed E-state index contributed by atoms with van der Waals surface area (Å²) in [4.78, 5) is 20.3. The van der Waals surface area contributed by atoms with Crippen LogP contribution in [0, 0.1) is 5.41 Å². The predicted molar refractivity (Wildman–Crippen MR) is 119 cm³/mol. The molecule has 2 fully saturated rings. The number of halogens is 1. The lowest BCUT2D eigenvalue weighted by Crippen LogP contribution is -2.56. The molecule has 160 valence electrons. The van der Waals surface area contributed by atoms with E-state index in [0.29, 0.717) is 22.5 Å². The van der Waals surface area contributed by atoms with Gasteiger partial charge in [0.05, 0.1) is 13.3 Å².